The van der Waals surface area contributed by atoms with E-state index in [-0.39, 0.29) is 12.3 Å². The molecule has 0 aliphatic rings. The topological polar surface area (TPSA) is 55.1 Å². The third-order valence-electron chi connectivity index (χ3n) is 3.18. The molecule has 3 aromatic rings. The SMILES string of the molecule is O=C(Cc1noc2ccccc12)NCc1ccc(Br)cc1. The Morgan fingerprint density at radius 2 is 1.90 bits per heavy atom. The molecule has 1 heterocycles. The highest BCUT2D eigenvalue weighted by atomic mass is 79.9. The number of carbonyl (C=O) groups is 1. The van der Waals surface area contributed by atoms with Crippen LogP contribution in [0.4, 0.5) is 0 Å². The lowest BCUT2D eigenvalue weighted by atomic mass is 10.1. The number of rotatable bonds is 4. The van der Waals surface area contributed by atoms with Crippen molar-refractivity contribution < 1.29 is 9.32 Å². The number of benzene rings is 2. The van der Waals surface area contributed by atoms with Gasteiger partial charge in [-0.05, 0) is 29.8 Å². The summed E-state index contributed by atoms with van der Waals surface area (Å²) in [6, 6.07) is 15.4. The molecule has 0 radical (unpaired) electrons. The zero-order chi connectivity index (χ0) is 14.7. The highest BCUT2D eigenvalue weighted by Gasteiger charge is 2.11. The summed E-state index contributed by atoms with van der Waals surface area (Å²) in [6.45, 7) is 0.502. The molecule has 106 valence electrons. The molecule has 21 heavy (non-hydrogen) atoms. The van der Waals surface area contributed by atoms with E-state index in [0.29, 0.717) is 17.8 Å². The summed E-state index contributed by atoms with van der Waals surface area (Å²) in [5, 5.41) is 7.73. The number of para-hydroxylation sites is 1. The summed E-state index contributed by atoms with van der Waals surface area (Å²) < 4.78 is 6.21. The minimum absolute atomic E-state index is 0.0722. The number of amides is 1. The van der Waals surface area contributed by atoms with Crippen molar-refractivity contribution in [3.05, 3.63) is 64.3 Å². The third-order valence-corrected chi connectivity index (χ3v) is 3.71. The number of nitrogens with zero attached hydrogens (tertiary/aromatic N) is 1. The highest BCUT2D eigenvalue weighted by molar-refractivity contribution is 9.10. The van der Waals surface area contributed by atoms with Crippen molar-refractivity contribution in [1.29, 1.82) is 0 Å². The predicted molar refractivity (Wildman–Crippen MR) is 83.7 cm³/mol. The smallest absolute Gasteiger partial charge is 0.226 e. The van der Waals surface area contributed by atoms with Crippen molar-refractivity contribution in [2.45, 2.75) is 13.0 Å². The van der Waals surface area contributed by atoms with Crippen LogP contribution in [0.25, 0.3) is 11.0 Å². The molecule has 0 saturated carbocycles. The van der Waals surface area contributed by atoms with Crippen LogP contribution in [0.2, 0.25) is 0 Å². The Hall–Kier alpha value is -2.14. The van der Waals surface area contributed by atoms with Crippen LogP contribution >= 0.6 is 15.9 Å². The Morgan fingerprint density at radius 1 is 1.14 bits per heavy atom. The average molecular weight is 345 g/mol. The number of hydrogen-bond acceptors (Lipinski definition) is 3. The van der Waals surface area contributed by atoms with E-state index in [4.69, 9.17) is 4.52 Å². The van der Waals surface area contributed by atoms with Gasteiger partial charge in [0.05, 0.1) is 6.42 Å². The standard InChI is InChI=1S/C16H13BrN2O2/c17-12-7-5-11(6-8-12)10-18-16(20)9-14-13-3-1-2-4-15(13)21-19-14/h1-8H,9-10H2,(H,18,20). The maximum Gasteiger partial charge on any atom is 0.226 e. The van der Waals surface area contributed by atoms with Gasteiger partial charge in [-0.2, -0.15) is 0 Å². The van der Waals surface area contributed by atoms with Gasteiger partial charge in [-0.1, -0.05) is 45.4 Å². The Kier molecular flexibility index (Phi) is 4.01. The maximum absolute atomic E-state index is 12.0. The van der Waals surface area contributed by atoms with Gasteiger partial charge < -0.3 is 9.84 Å². The van der Waals surface area contributed by atoms with Crippen LogP contribution in [0.15, 0.2) is 57.5 Å². The first-order chi connectivity index (χ1) is 10.2. The number of aromatic nitrogens is 1. The van der Waals surface area contributed by atoms with Crippen molar-refractivity contribution in [3.63, 3.8) is 0 Å². The van der Waals surface area contributed by atoms with Crippen LogP contribution in [0.5, 0.6) is 0 Å². The molecule has 0 atom stereocenters. The van der Waals surface area contributed by atoms with Crippen LogP contribution in [-0.2, 0) is 17.8 Å². The second-order valence-corrected chi connectivity index (χ2v) is 5.62. The number of nitrogens with one attached hydrogen (secondary N) is 1. The van der Waals surface area contributed by atoms with Gasteiger partial charge in [0.15, 0.2) is 5.58 Å². The Labute approximate surface area is 130 Å². The summed E-state index contributed by atoms with van der Waals surface area (Å²) in [5.41, 5.74) is 2.42. The zero-order valence-electron chi connectivity index (χ0n) is 11.2. The molecule has 5 heteroatoms. The summed E-state index contributed by atoms with van der Waals surface area (Å²) in [7, 11) is 0. The van der Waals surface area contributed by atoms with E-state index in [2.05, 4.69) is 26.4 Å². The summed E-state index contributed by atoms with van der Waals surface area (Å²) in [5.74, 6) is -0.0722. The molecule has 0 bridgehead atoms. The van der Waals surface area contributed by atoms with Crippen molar-refractivity contribution in [2.75, 3.05) is 0 Å². The Bertz CT molecular complexity index is 765. The van der Waals surface area contributed by atoms with Crippen molar-refractivity contribution in [1.82, 2.24) is 10.5 Å². The van der Waals surface area contributed by atoms with Gasteiger partial charge in [0.2, 0.25) is 5.91 Å². The Balaban J connectivity index is 1.62. The van der Waals surface area contributed by atoms with E-state index in [0.717, 1.165) is 15.4 Å². The first-order valence-corrected chi connectivity index (χ1v) is 7.36. The fourth-order valence-corrected chi connectivity index (χ4v) is 2.35. The molecule has 1 aromatic heterocycles. The molecule has 0 saturated heterocycles. The molecule has 0 fully saturated rings. The van der Waals surface area contributed by atoms with Crippen LogP contribution in [0, 0.1) is 0 Å². The summed E-state index contributed by atoms with van der Waals surface area (Å²) in [6.07, 6.45) is 0.216. The van der Waals surface area contributed by atoms with E-state index < -0.39 is 0 Å². The molecule has 1 amide bonds. The first-order valence-electron chi connectivity index (χ1n) is 6.57. The van der Waals surface area contributed by atoms with E-state index in [1.165, 1.54) is 0 Å². The lowest BCUT2D eigenvalue weighted by Crippen LogP contribution is -2.24. The van der Waals surface area contributed by atoms with Crippen molar-refractivity contribution >= 4 is 32.8 Å². The summed E-state index contributed by atoms with van der Waals surface area (Å²) in [4.78, 5) is 12.0. The van der Waals surface area contributed by atoms with E-state index >= 15 is 0 Å². The largest absolute Gasteiger partial charge is 0.356 e. The number of fused-ring (bicyclic) bond motifs is 1. The van der Waals surface area contributed by atoms with Crippen molar-refractivity contribution in [3.8, 4) is 0 Å². The molecule has 1 N–H and O–H groups in total. The minimum atomic E-state index is -0.0722. The zero-order valence-corrected chi connectivity index (χ0v) is 12.8. The maximum atomic E-state index is 12.0. The molecular weight excluding hydrogens is 332 g/mol. The molecule has 2 aromatic carbocycles. The first kappa shape index (κ1) is 13.8. The minimum Gasteiger partial charge on any atom is -0.356 e. The monoisotopic (exact) mass is 344 g/mol. The molecule has 4 nitrogen and oxygen atoms in total. The van der Waals surface area contributed by atoms with Gasteiger partial charge in [0.25, 0.3) is 0 Å². The van der Waals surface area contributed by atoms with Gasteiger partial charge in [0.1, 0.15) is 5.69 Å². The van der Waals surface area contributed by atoms with Crippen LogP contribution in [-0.4, -0.2) is 11.1 Å². The van der Waals surface area contributed by atoms with Gasteiger partial charge in [-0.25, -0.2) is 0 Å². The van der Waals surface area contributed by atoms with Crippen LogP contribution in [0.3, 0.4) is 0 Å². The predicted octanol–water partition coefficient (Wildman–Crippen LogP) is 3.45. The molecule has 3 rings (SSSR count). The fourth-order valence-electron chi connectivity index (χ4n) is 2.08. The Morgan fingerprint density at radius 3 is 2.71 bits per heavy atom. The average Bonchev–Trinajstić information content (AvgIpc) is 2.90. The molecular formula is C16H13BrN2O2. The van der Waals surface area contributed by atoms with Gasteiger partial charge >= 0.3 is 0 Å². The number of hydrogen-bond donors (Lipinski definition) is 1. The van der Waals surface area contributed by atoms with E-state index in [9.17, 15) is 4.79 Å². The van der Waals surface area contributed by atoms with E-state index in [1.54, 1.807) is 0 Å². The lowest BCUT2D eigenvalue weighted by molar-refractivity contribution is -0.120. The normalized spacial score (nSPS) is 10.7. The lowest BCUT2D eigenvalue weighted by Gasteiger charge is -2.04. The summed E-state index contributed by atoms with van der Waals surface area (Å²) >= 11 is 3.38. The van der Waals surface area contributed by atoms with E-state index in [1.807, 2.05) is 48.5 Å². The molecule has 0 unspecified atom stereocenters. The quantitative estimate of drug-likeness (QED) is 0.788. The second kappa shape index (κ2) is 6.10. The van der Waals surface area contributed by atoms with Gasteiger partial charge in [-0.15, -0.1) is 0 Å². The van der Waals surface area contributed by atoms with Crippen LogP contribution < -0.4 is 5.32 Å². The molecule has 0 spiro atoms. The second-order valence-electron chi connectivity index (χ2n) is 4.71. The molecule has 0 aliphatic carbocycles. The van der Waals surface area contributed by atoms with Crippen molar-refractivity contribution in [2.24, 2.45) is 0 Å². The molecule has 0 aliphatic heterocycles. The number of carbonyl (C=O) groups excluding carboxylic acids is 1. The van der Waals surface area contributed by atoms with Crippen LogP contribution in [0.1, 0.15) is 11.3 Å². The number of halogens is 1. The highest BCUT2D eigenvalue weighted by Crippen LogP contribution is 2.18. The van der Waals surface area contributed by atoms with Gasteiger partial charge in [-0.3, -0.25) is 4.79 Å². The third kappa shape index (κ3) is 3.31. The van der Waals surface area contributed by atoms with Gasteiger partial charge in [0, 0.05) is 16.4 Å². The fraction of sp³-hybridized carbons (Fsp3) is 0.125.